The second-order valence-electron chi connectivity index (χ2n) is 1.86. The minimum absolute atomic E-state index is 0.0989. The van der Waals surface area contributed by atoms with Gasteiger partial charge in [-0.05, 0) is 13.0 Å². The molecule has 1 N–H and O–H groups in total. The Balaban J connectivity index is 0.000000561. The number of rotatable bonds is 2. The van der Waals surface area contributed by atoms with Gasteiger partial charge in [-0.1, -0.05) is 13.8 Å². The molecule has 1 aromatic rings. The first-order valence-corrected chi connectivity index (χ1v) is 4.00. The lowest BCUT2D eigenvalue weighted by molar-refractivity contribution is 0.0689. The fourth-order valence-electron chi connectivity index (χ4n) is 0.652. The van der Waals surface area contributed by atoms with E-state index < -0.39 is 5.97 Å². The van der Waals surface area contributed by atoms with Gasteiger partial charge in [0.1, 0.15) is 0 Å². The molecule has 0 saturated heterocycles. The van der Waals surface area contributed by atoms with E-state index in [2.05, 4.69) is 5.10 Å². The van der Waals surface area contributed by atoms with Crippen LogP contribution in [-0.4, -0.2) is 20.9 Å². The number of carboxylic acids is 1. The number of aromatic nitrogens is 2. The van der Waals surface area contributed by atoms with E-state index in [0.29, 0.717) is 6.54 Å². The molecule has 68 valence electrons. The molecular formula is C8H14N2O2. The molecule has 4 heteroatoms. The number of aryl methyl sites for hydroxylation is 1. The summed E-state index contributed by atoms with van der Waals surface area (Å²) < 4.78 is 1.57. The van der Waals surface area contributed by atoms with Gasteiger partial charge in [0.25, 0.3) is 0 Å². The minimum atomic E-state index is -0.979. The first-order valence-electron chi connectivity index (χ1n) is 4.00. The van der Waals surface area contributed by atoms with Crippen molar-refractivity contribution < 1.29 is 9.90 Å². The van der Waals surface area contributed by atoms with Crippen molar-refractivity contribution in [2.24, 2.45) is 0 Å². The van der Waals surface area contributed by atoms with Crippen LogP contribution in [0, 0.1) is 0 Å². The largest absolute Gasteiger partial charge is 0.476 e. The predicted octanol–water partition coefficient (Wildman–Crippen LogP) is 1.63. The van der Waals surface area contributed by atoms with Crippen molar-refractivity contribution in [1.29, 1.82) is 0 Å². The number of hydrogen-bond acceptors (Lipinski definition) is 2. The van der Waals surface area contributed by atoms with Crippen LogP contribution in [0.4, 0.5) is 0 Å². The normalized spacial score (nSPS) is 8.58. The summed E-state index contributed by atoms with van der Waals surface area (Å²) in [5, 5.41) is 12.2. The van der Waals surface area contributed by atoms with Gasteiger partial charge in [0.2, 0.25) is 0 Å². The van der Waals surface area contributed by atoms with E-state index in [-0.39, 0.29) is 5.69 Å². The van der Waals surface area contributed by atoms with Gasteiger partial charge in [0.05, 0.1) is 0 Å². The Morgan fingerprint density at radius 2 is 2.25 bits per heavy atom. The Morgan fingerprint density at radius 1 is 1.67 bits per heavy atom. The number of hydrogen-bond donors (Lipinski definition) is 1. The molecule has 0 amide bonds. The van der Waals surface area contributed by atoms with E-state index in [0.717, 1.165) is 0 Å². The van der Waals surface area contributed by atoms with Gasteiger partial charge >= 0.3 is 5.97 Å². The van der Waals surface area contributed by atoms with Crippen molar-refractivity contribution in [1.82, 2.24) is 9.78 Å². The highest BCUT2D eigenvalue weighted by Crippen LogP contribution is 1.93. The van der Waals surface area contributed by atoms with Crippen LogP contribution < -0.4 is 0 Å². The van der Waals surface area contributed by atoms with E-state index in [1.54, 1.807) is 10.9 Å². The summed E-state index contributed by atoms with van der Waals surface area (Å²) in [6.45, 7) is 6.60. The maximum atomic E-state index is 10.3. The zero-order valence-electron chi connectivity index (χ0n) is 7.61. The van der Waals surface area contributed by atoms with Crippen LogP contribution in [0.1, 0.15) is 31.3 Å². The summed E-state index contributed by atoms with van der Waals surface area (Å²) in [4.78, 5) is 10.3. The highest BCUT2D eigenvalue weighted by Gasteiger charge is 2.04. The monoisotopic (exact) mass is 170 g/mol. The van der Waals surface area contributed by atoms with Crippen molar-refractivity contribution >= 4 is 5.97 Å². The third-order valence-corrected chi connectivity index (χ3v) is 1.18. The summed E-state index contributed by atoms with van der Waals surface area (Å²) in [6, 6.07) is 1.48. The van der Waals surface area contributed by atoms with Crippen LogP contribution in [0.25, 0.3) is 0 Å². The fraction of sp³-hybridized carbons (Fsp3) is 0.500. The summed E-state index contributed by atoms with van der Waals surface area (Å²) >= 11 is 0. The molecule has 0 saturated carbocycles. The average Bonchev–Trinajstić information content (AvgIpc) is 2.55. The molecule has 1 aromatic heterocycles. The second-order valence-corrected chi connectivity index (χ2v) is 1.86. The molecule has 0 aliphatic heterocycles. The number of nitrogens with zero attached hydrogens (tertiary/aromatic N) is 2. The van der Waals surface area contributed by atoms with Gasteiger partial charge in [0, 0.05) is 12.7 Å². The maximum absolute atomic E-state index is 10.3. The molecule has 1 rings (SSSR count). The number of carbonyl (C=O) groups is 1. The third-order valence-electron chi connectivity index (χ3n) is 1.18. The lowest BCUT2D eigenvalue weighted by atomic mass is 10.5. The molecule has 0 bridgehead atoms. The fourth-order valence-corrected chi connectivity index (χ4v) is 0.652. The quantitative estimate of drug-likeness (QED) is 0.733. The molecule has 0 aliphatic carbocycles. The van der Waals surface area contributed by atoms with Gasteiger partial charge < -0.3 is 5.11 Å². The van der Waals surface area contributed by atoms with E-state index in [1.165, 1.54) is 6.07 Å². The van der Waals surface area contributed by atoms with Gasteiger partial charge in [-0.15, -0.1) is 0 Å². The second kappa shape index (κ2) is 5.35. The molecule has 0 aromatic carbocycles. The molecule has 0 aliphatic rings. The summed E-state index contributed by atoms with van der Waals surface area (Å²) in [7, 11) is 0. The Hall–Kier alpha value is -1.32. The molecule has 1 heterocycles. The molecular weight excluding hydrogens is 156 g/mol. The smallest absolute Gasteiger partial charge is 0.356 e. The highest BCUT2D eigenvalue weighted by molar-refractivity contribution is 5.84. The Labute approximate surface area is 71.8 Å². The van der Waals surface area contributed by atoms with Crippen LogP contribution in [0.3, 0.4) is 0 Å². The van der Waals surface area contributed by atoms with Crippen LogP contribution in [0.2, 0.25) is 0 Å². The summed E-state index contributed by atoms with van der Waals surface area (Å²) in [5.41, 5.74) is 0.0989. The van der Waals surface area contributed by atoms with E-state index in [4.69, 9.17) is 5.11 Å². The van der Waals surface area contributed by atoms with E-state index in [1.807, 2.05) is 20.8 Å². The van der Waals surface area contributed by atoms with Crippen LogP contribution in [0.15, 0.2) is 12.3 Å². The molecule has 0 unspecified atom stereocenters. The van der Waals surface area contributed by atoms with Gasteiger partial charge in [-0.25, -0.2) is 4.79 Å². The summed E-state index contributed by atoms with van der Waals surface area (Å²) in [6.07, 6.45) is 1.64. The predicted molar refractivity (Wildman–Crippen MR) is 46.2 cm³/mol. The number of carboxylic acid groups (broad SMARTS) is 1. The third kappa shape index (κ3) is 2.74. The van der Waals surface area contributed by atoms with Crippen molar-refractivity contribution in [3.8, 4) is 0 Å². The zero-order chi connectivity index (χ0) is 9.56. The first kappa shape index (κ1) is 10.7. The molecule has 0 fully saturated rings. The molecule has 12 heavy (non-hydrogen) atoms. The van der Waals surface area contributed by atoms with Crippen molar-refractivity contribution in [3.63, 3.8) is 0 Å². The van der Waals surface area contributed by atoms with E-state index >= 15 is 0 Å². The molecule has 0 radical (unpaired) electrons. The van der Waals surface area contributed by atoms with Crippen LogP contribution in [-0.2, 0) is 6.54 Å². The van der Waals surface area contributed by atoms with Crippen molar-refractivity contribution in [3.05, 3.63) is 18.0 Å². The van der Waals surface area contributed by atoms with Crippen LogP contribution >= 0.6 is 0 Å². The lowest BCUT2D eigenvalue weighted by Crippen LogP contribution is -2.00. The number of aromatic carboxylic acids is 1. The minimum Gasteiger partial charge on any atom is -0.476 e. The van der Waals surface area contributed by atoms with Gasteiger partial charge in [0.15, 0.2) is 5.69 Å². The van der Waals surface area contributed by atoms with Crippen molar-refractivity contribution in [2.45, 2.75) is 27.3 Å². The van der Waals surface area contributed by atoms with Gasteiger partial charge in [-0.2, -0.15) is 5.10 Å². The highest BCUT2D eigenvalue weighted by atomic mass is 16.4. The zero-order valence-corrected chi connectivity index (χ0v) is 7.61. The summed E-state index contributed by atoms with van der Waals surface area (Å²) in [5.74, 6) is -0.979. The standard InChI is InChI=1S/C6H8N2O2.C2H6/c1-2-8-4-3-5(7-8)6(9)10;1-2/h3-4H,2H2,1H3,(H,9,10);1-2H3. The SMILES string of the molecule is CC.CCn1ccc(C(=O)O)n1. The Kier molecular flexibility index (Phi) is 4.76. The Bertz CT molecular complexity index is 243. The molecule has 4 nitrogen and oxygen atoms in total. The van der Waals surface area contributed by atoms with Gasteiger partial charge in [-0.3, -0.25) is 4.68 Å². The first-order chi connectivity index (χ1) is 5.74. The van der Waals surface area contributed by atoms with Crippen LogP contribution in [0.5, 0.6) is 0 Å². The van der Waals surface area contributed by atoms with Crippen molar-refractivity contribution in [2.75, 3.05) is 0 Å². The molecule has 0 atom stereocenters. The van der Waals surface area contributed by atoms with E-state index in [9.17, 15) is 4.79 Å². The maximum Gasteiger partial charge on any atom is 0.356 e. The molecule has 0 spiro atoms. The topological polar surface area (TPSA) is 55.1 Å². The Morgan fingerprint density at radius 3 is 2.50 bits per heavy atom. The average molecular weight is 170 g/mol. The lowest BCUT2D eigenvalue weighted by Gasteiger charge is -1.89.